The van der Waals surface area contributed by atoms with Crippen molar-refractivity contribution < 1.29 is 14.3 Å². The number of hydrogen-bond donors (Lipinski definition) is 0. The fourth-order valence-electron chi connectivity index (χ4n) is 3.94. The van der Waals surface area contributed by atoms with Crippen LogP contribution in [0.25, 0.3) is 0 Å². The highest BCUT2D eigenvalue weighted by atomic mass is 16.5. The largest absolute Gasteiger partial charge is 0.363 e. The number of fused-ring (bicyclic) bond motifs is 1. The zero-order valence-corrected chi connectivity index (χ0v) is 17.3. The maximum Gasteiger partial charge on any atom is 0.346 e. The van der Waals surface area contributed by atoms with Gasteiger partial charge in [-0.3, -0.25) is 19.1 Å². The van der Waals surface area contributed by atoms with Crippen molar-refractivity contribution in [1.29, 1.82) is 0 Å². The summed E-state index contributed by atoms with van der Waals surface area (Å²) in [6, 6.07) is 3.82. The average Bonchev–Trinajstić information content (AvgIpc) is 3.29. The molecule has 2 aliphatic rings. The molecular weight excluding hydrogens is 388 g/mol. The van der Waals surface area contributed by atoms with Gasteiger partial charge in [-0.05, 0) is 30.5 Å². The molecule has 30 heavy (non-hydrogen) atoms. The van der Waals surface area contributed by atoms with Gasteiger partial charge in [0.2, 0.25) is 11.8 Å². The minimum absolute atomic E-state index is 0.0812. The molecule has 0 radical (unpaired) electrons. The van der Waals surface area contributed by atoms with Gasteiger partial charge >= 0.3 is 5.69 Å². The topological polar surface area (TPSA) is 103 Å². The van der Waals surface area contributed by atoms with Crippen molar-refractivity contribution in [1.82, 2.24) is 29.1 Å². The Balaban J connectivity index is 1.40. The van der Waals surface area contributed by atoms with Crippen LogP contribution < -0.4 is 5.69 Å². The number of likely N-dealkylation sites (N-methyl/N-ethyl adjacent to an activating group) is 1. The minimum atomic E-state index is -0.581. The monoisotopic (exact) mass is 414 g/mol. The lowest BCUT2D eigenvalue weighted by Gasteiger charge is -2.33. The van der Waals surface area contributed by atoms with Crippen molar-refractivity contribution in [2.45, 2.75) is 44.6 Å². The molecule has 2 aromatic rings. The number of amides is 2. The highest BCUT2D eigenvalue weighted by molar-refractivity contribution is 5.77. The van der Waals surface area contributed by atoms with Gasteiger partial charge in [0.1, 0.15) is 18.8 Å². The zero-order valence-electron chi connectivity index (χ0n) is 17.3. The molecule has 10 nitrogen and oxygen atoms in total. The van der Waals surface area contributed by atoms with E-state index in [2.05, 4.69) is 10.1 Å². The molecule has 1 saturated heterocycles. The second kappa shape index (κ2) is 8.02. The molecule has 2 aromatic heterocycles. The quantitative estimate of drug-likeness (QED) is 0.663. The predicted molar refractivity (Wildman–Crippen MR) is 106 cm³/mol. The number of rotatable bonds is 5. The standard InChI is InChI=1S/C20H26N6O4/c1-23(2)18(28)11-26-19(29)25-14-20(30-12-16(25)22-26)7-10-24(13-20)17(27)4-3-15-5-8-21-9-6-15/h5-6,8-9H,3-4,7,10-14H2,1-2H3. The van der Waals surface area contributed by atoms with E-state index in [9.17, 15) is 14.4 Å². The molecule has 160 valence electrons. The van der Waals surface area contributed by atoms with Crippen LogP contribution in [-0.2, 0) is 40.4 Å². The Morgan fingerprint density at radius 1 is 1.23 bits per heavy atom. The summed E-state index contributed by atoms with van der Waals surface area (Å²) in [6.07, 6.45) is 5.21. The van der Waals surface area contributed by atoms with Gasteiger partial charge in [0.25, 0.3) is 0 Å². The van der Waals surface area contributed by atoms with Gasteiger partial charge in [0.05, 0.1) is 13.1 Å². The maximum absolute atomic E-state index is 12.7. The molecular formula is C20H26N6O4. The van der Waals surface area contributed by atoms with E-state index in [1.165, 1.54) is 9.58 Å². The van der Waals surface area contributed by atoms with Crippen LogP contribution in [0.3, 0.4) is 0 Å². The molecule has 0 aliphatic carbocycles. The van der Waals surface area contributed by atoms with Gasteiger partial charge < -0.3 is 14.5 Å². The van der Waals surface area contributed by atoms with Gasteiger partial charge in [-0.1, -0.05) is 0 Å². The molecule has 2 aliphatic heterocycles. The molecule has 1 atom stereocenters. The van der Waals surface area contributed by atoms with Crippen LogP contribution in [0.2, 0.25) is 0 Å². The number of ether oxygens (including phenoxy) is 1. The number of aryl methyl sites for hydroxylation is 1. The molecule has 0 N–H and O–H groups in total. The third-order valence-corrected chi connectivity index (χ3v) is 5.78. The lowest BCUT2D eigenvalue weighted by molar-refractivity contribution is -0.133. The summed E-state index contributed by atoms with van der Waals surface area (Å²) < 4.78 is 8.85. The Kier molecular flexibility index (Phi) is 5.42. The number of aromatic nitrogens is 4. The average molecular weight is 414 g/mol. The summed E-state index contributed by atoms with van der Waals surface area (Å²) in [4.78, 5) is 44.6. The Hall–Kier alpha value is -3.01. The van der Waals surface area contributed by atoms with Crippen molar-refractivity contribution in [2.75, 3.05) is 27.2 Å². The predicted octanol–water partition coefficient (Wildman–Crippen LogP) is -0.338. The molecule has 1 spiro atoms. The van der Waals surface area contributed by atoms with Gasteiger partial charge in [0, 0.05) is 39.5 Å². The smallest absolute Gasteiger partial charge is 0.346 e. The summed E-state index contributed by atoms with van der Waals surface area (Å²) in [5, 5.41) is 4.25. The van der Waals surface area contributed by atoms with E-state index in [0.29, 0.717) is 44.7 Å². The summed E-state index contributed by atoms with van der Waals surface area (Å²) in [7, 11) is 3.28. The van der Waals surface area contributed by atoms with E-state index in [4.69, 9.17) is 4.74 Å². The Morgan fingerprint density at radius 2 is 2.00 bits per heavy atom. The Morgan fingerprint density at radius 3 is 2.73 bits per heavy atom. The van der Waals surface area contributed by atoms with Crippen molar-refractivity contribution in [3.05, 3.63) is 46.4 Å². The molecule has 10 heteroatoms. The third-order valence-electron chi connectivity index (χ3n) is 5.78. The van der Waals surface area contributed by atoms with Crippen LogP contribution in [0.4, 0.5) is 0 Å². The summed E-state index contributed by atoms with van der Waals surface area (Å²) in [6.45, 7) is 1.49. The van der Waals surface area contributed by atoms with Gasteiger partial charge in [0.15, 0.2) is 5.82 Å². The van der Waals surface area contributed by atoms with E-state index < -0.39 is 5.60 Å². The molecule has 4 heterocycles. The van der Waals surface area contributed by atoms with Crippen molar-refractivity contribution >= 4 is 11.8 Å². The van der Waals surface area contributed by atoms with Crippen LogP contribution in [-0.4, -0.2) is 73.7 Å². The molecule has 1 fully saturated rings. The first-order chi connectivity index (χ1) is 14.4. The number of carbonyl (C=O) groups is 2. The fourth-order valence-corrected chi connectivity index (χ4v) is 3.94. The summed E-state index contributed by atoms with van der Waals surface area (Å²) >= 11 is 0. The van der Waals surface area contributed by atoms with Gasteiger partial charge in [-0.2, -0.15) is 5.10 Å². The zero-order chi connectivity index (χ0) is 21.3. The van der Waals surface area contributed by atoms with E-state index in [-0.39, 0.29) is 30.7 Å². The molecule has 0 aromatic carbocycles. The molecule has 2 amide bonds. The Labute approximate surface area is 174 Å². The molecule has 1 unspecified atom stereocenters. The maximum atomic E-state index is 12.7. The molecule has 4 rings (SSSR count). The number of nitrogens with zero attached hydrogens (tertiary/aromatic N) is 6. The first kappa shape index (κ1) is 20.3. The fraction of sp³-hybridized carbons (Fsp3) is 0.550. The van der Waals surface area contributed by atoms with Crippen molar-refractivity contribution in [2.24, 2.45) is 0 Å². The van der Waals surface area contributed by atoms with E-state index in [0.717, 1.165) is 5.56 Å². The lowest BCUT2D eigenvalue weighted by Crippen LogP contribution is -2.47. The first-order valence-corrected chi connectivity index (χ1v) is 10.0. The second-order valence-corrected chi connectivity index (χ2v) is 8.12. The van der Waals surface area contributed by atoms with E-state index in [1.807, 2.05) is 17.0 Å². The third kappa shape index (κ3) is 4.00. The summed E-state index contributed by atoms with van der Waals surface area (Å²) in [5.41, 5.74) is 0.185. The van der Waals surface area contributed by atoms with Crippen molar-refractivity contribution in [3.63, 3.8) is 0 Å². The first-order valence-electron chi connectivity index (χ1n) is 10.0. The minimum Gasteiger partial charge on any atom is -0.363 e. The number of carbonyl (C=O) groups excluding carboxylic acids is 2. The van der Waals surface area contributed by atoms with Crippen LogP contribution in [0, 0.1) is 0 Å². The van der Waals surface area contributed by atoms with E-state index >= 15 is 0 Å². The highest BCUT2D eigenvalue weighted by Gasteiger charge is 2.44. The number of hydrogen-bond acceptors (Lipinski definition) is 6. The van der Waals surface area contributed by atoms with Gasteiger partial charge in [-0.25, -0.2) is 9.48 Å². The van der Waals surface area contributed by atoms with Crippen LogP contribution in [0.5, 0.6) is 0 Å². The molecule has 0 saturated carbocycles. The highest BCUT2D eigenvalue weighted by Crippen LogP contribution is 2.31. The SMILES string of the molecule is CN(C)C(=O)Cn1nc2n(c1=O)CC1(CCN(C(=O)CCc3ccncc3)C1)OC2. The second-order valence-electron chi connectivity index (χ2n) is 8.12. The van der Waals surface area contributed by atoms with E-state index in [1.54, 1.807) is 31.1 Å². The summed E-state index contributed by atoms with van der Waals surface area (Å²) in [5.74, 6) is 0.396. The lowest BCUT2D eigenvalue weighted by atomic mass is 10.0. The van der Waals surface area contributed by atoms with Crippen LogP contribution in [0.15, 0.2) is 29.3 Å². The van der Waals surface area contributed by atoms with Crippen LogP contribution in [0.1, 0.15) is 24.2 Å². The molecule has 0 bridgehead atoms. The van der Waals surface area contributed by atoms with Crippen molar-refractivity contribution in [3.8, 4) is 0 Å². The number of pyridine rings is 1. The van der Waals surface area contributed by atoms with Crippen LogP contribution >= 0.6 is 0 Å². The normalized spacial score (nSPS) is 20.4. The number of likely N-dealkylation sites (tertiary alicyclic amines) is 1. The Bertz CT molecular complexity index is 998. The van der Waals surface area contributed by atoms with Gasteiger partial charge in [-0.15, -0.1) is 0 Å².